The minimum absolute atomic E-state index is 0.0421. The van der Waals surface area contributed by atoms with E-state index in [4.69, 9.17) is 5.11 Å². The van der Waals surface area contributed by atoms with Crippen molar-refractivity contribution in [3.8, 4) is 0 Å². The molecule has 6 aromatic rings. The van der Waals surface area contributed by atoms with Crippen LogP contribution in [0.3, 0.4) is 0 Å². The highest BCUT2D eigenvalue weighted by Crippen LogP contribution is 2.06. The Morgan fingerprint density at radius 2 is 1.05 bits per heavy atom. The molecule has 44 heavy (non-hydrogen) atoms. The van der Waals surface area contributed by atoms with E-state index in [9.17, 15) is 33.9 Å². The molecular weight excluding hydrogens is 584 g/mol. The third-order valence-electron chi connectivity index (χ3n) is 6.89. The third kappa shape index (κ3) is 5.22. The van der Waals surface area contributed by atoms with Gasteiger partial charge in [0.2, 0.25) is 0 Å². The summed E-state index contributed by atoms with van der Waals surface area (Å²) in [6.07, 6.45) is 3.17. The van der Waals surface area contributed by atoms with Crippen molar-refractivity contribution < 1.29 is 10.2 Å². The smallest absolute Gasteiger partial charge is 0.332 e. The van der Waals surface area contributed by atoms with Gasteiger partial charge < -0.3 is 24.7 Å². The Hall–Kier alpha value is -5.63. The average molecular weight is 615 g/mol. The van der Waals surface area contributed by atoms with Crippen molar-refractivity contribution >= 4 is 33.5 Å². The van der Waals surface area contributed by atoms with E-state index in [1.54, 1.807) is 14.1 Å². The molecule has 20 heteroatoms. The number of nitrogens with zero attached hydrogens (tertiary/aromatic N) is 10. The number of nitrogens with one attached hydrogen (secondary N) is 2. The molecule has 0 aromatic carbocycles. The normalized spacial score (nSPS) is 11.8. The molecule has 0 fully saturated rings. The number of aliphatic hydroxyl groups is 2. The van der Waals surface area contributed by atoms with E-state index in [1.807, 2.05) is 0 Å². The minimum atomic E-state index is -0.982. The summed E-state index contributed by atoms with van der Waals surface area (Å²) in [6.45, 7) is -0.369. The van der Waals surface area contributed by atoms with Crippen molar-refractivity contribution in [1.29, 1.82) is 0 Å². The topological polar surface area (TPSA) is 248 Å². The van der Waals surface area contributed by atoms with Crippen molar-refractivity contribution in [2.45, 2.75) is 12.6 Å². The van der Waals surface area contributed by atoms with Gasteiger partial charge >= 0.3 is 17.1 Å². The van der Waals surface area contributed by atoms with E-state index in [2.05, 4.69) is 24.9 Å². The highest BCUT2D eigenvalue weighted by molar-refractivity contribution is 5.70. The van der Waals surface area contributed by atoms with Crippen LogP contribution in [0.4, 0.5) is 0 Å². The second kappa shape index (κ2) is 11.9. The number of rotatable bonds is 3. The standard InChI is InChI=1S/C10H14N4O4.2C7H8N4O2/c1-12-8-7(9(17)13(2)10(12)18)14(5-11-8)3-6(16)4-15;2*1-10-5-4(8-3-9-5)6(12)11(2)7(10)13/h5-6,15-16H,3-4H2,1-2H3;2*3H,1-2H3,(H,8,9). The molecule has 0 bridgehead atoms. The molecule has 234 valence electrons. The van der Waals surface area contributed by atoms with Crippen LogP contribution in [0.5, 0.6) is 0 Å². The molecule has 20 nitrogen and oxygen atoms in total. The molecule has 0 aliphatic heterocycles. The number of aromatic nitrogens is 12. The molecular formula is C24H30N12O8. The van der Waals surface area contributed by atoms with Crippen LogP contribution in [0.25, 0.3) is 33.5 Å². The van der Waals surface area contributed by atoms with Gasteiger partial charge in [-0.05, 0) is 0 Å². The fourth-order valence-corrected chi connectivity index (χ4v) is 4.36. The van der Waals surface area contributed by atoms with Gasteiger partial charge in [0.05, 0.1) is 38.2 Å². The minimum Gasteiger partial charge on any atom is -0.394 e. The Labute approximate surface area is 244 Å². The molecule has 6 heterocycles. The quantitative estimate of drug-likeness (QED) is 0.148. The van der Waals surface area contributed by atoms with Crippen LogP contribution in [0.2, 0.25) is 0 Å². The van der Waals surface area contributed by atoms with Crippen LogP contribution in [-0.4, -0.2) is 79.8 Å². The molecule has 4 N–H and O–H groups in total. The van der Waals surface area contributed by atoms with E-state index in [1.165, 1.54) is 65.4 Å². The average Bonchev–Trinajstić information content (AvgIpc) is 3.79. The number of aliphatic hydroxyl groups excluding tert-OH is 2. The largest absolute Gasteiger partial charge is 0.394 e. The van der Waals surface area contributed by atoms with Gasteiger partial charge in [0.25, 0.3) is 16.7 Å². The third-order valence-corrected chi connectivity index (χ3v) is 6.89. The monoisotopic (exact) mass is 614 g/mol. The lowest BCUT2D eigenvalue weighted by molar-refractivity contribution is 0.0820. The molecule has 0 saturated heterocycles. The molecule has 0 saturated carbocycles. The first kappa shape index (κ1) is 31.3. The number of hydrogen-bond donors (Lipinski definition) is 4. The Morgan fingerprint density at radius 3 is 1.48 bits per heavy atom. The van der Waals surface area contributed by atoms with Crippen LogP contribution in [0.1, 0.15) is 0 Å². The lowest BCUT2D eigenvalue weighted by Gasteiger charge is -2.09. The molecule has 6 aromatic heterocycles. The zero-order chi connectivity index (χ0) is 32.6. The first-order chi connectivity index (χ1) is 20.7. The molecule has 0 aliphatic rings. The highest BCUT2D eigenvalue weighted by atomic mass is 16.3. The summed E-state index contributed by atoms with van der Waals surface area (Å²) >= 11 is 0. The van der Waals surface area contributed by atoms with E-state index in [-0.39, 0.29) is 40.2 Å². The predicted octanol–water partition coefficient (Wildman–Crippen LogP) is -4.29. The maximum absolute atomic E-state index is 12.0. The van der Waals surface area contributed by atoms with Crippen LogP contribution in [0, 0.1) is 0 Å². The number of H-pyrrole nitrogens is 2. The number of aryl methyl sites for hydroxylation is 3. The number of fused-ring (bicyclic) bond motifs is 3. The van der Waals surface area contributed by atoms with Crippen LogP contribution in [-0.2, 0) is 48.8 Å². The number of imidazole rings is 3. The Kier molecular flexibility index (Phi) is 8.49. The lowest BCUT2D eigenvalue weighted by Crippen LogP contribution is -2.38. The number of hydrogen-bond acceptors (Lipinski definition) is 11. The fourth-order valence-electron chi connectivity index (χ4n) is 4.36. The Balaban J connectivity index is 0.000000154. The van der Waals surface area contributed by atoms with Gasteiger partial charge in [0.15, 0.2) is 22.5 Å². The second-order valence-electron chi connectivity index (χ2n) is 9.73. The summed E-state index contributed by atoms with van der Waals surface area (Å²) in [4.78, 5) is 86.4. The van der Waals surface area contributed by atoms with Gasteiger partial charge in [0, 0.05) is 42.3 Å². The molecule has 0 aliphatic carbocycles. The van der Waals surface area contributed by atoms with Crippen molar-refractivity contribution in [1.82, 2.24) is 56.9 Å². The van der Waals surface area contributed by atoms with Crippen molar-refractivity contribution in [3.63, 3.8) is 0 Å². The van der Waals surface area contributed by atoms with Gasteiger partial charge in [-0.3, -0.25) is 41.8 Å². The Bertz CT molecular complexity index is 2270. The van der Waals surface area contributed by atoms with Gasteiger partial charge in [-0.1, -0.05) is 0 Å². The zero-order valence-corrected chi connectivity index (χ0v) is 24.5. The first-order valence-corrected chi connectivity index (χ1v) is 12.8. The van der Waals surface area contributed by atoms with Gasteiger partial charge in [0.1, 0.15) is 11.0 Å². The molecule has 6 rings (SSSR count). The zero-order valence-electron chi connectivity index (χ0n) is 24.5. The second-order valence-corrected chi connectivity index (χ2v) is 9.73. The van der Waals surface area contributed by atoms with E-state index in [0.717, 1.165) is 13.7 Å². The summed E-state index contributed by atoms with van der Waals surface area (Å²) in [5.41, 5.74) is -0.424. The van der Waals surface area contributed by atoms with Crippen LogP contribution >= 0.6 is 0 Å². The summed E-state index contributed by atoms with van der Waals surface area (Å²) in [6, 6.07) is 0. The summed E-state index contributed by atoms with van der Waals surface area (Å²) in [5, 5.41) is 18.2. The van der Waals surface area contributed by atoms with Gasteiger partial charge in [-0.15, -0.1) is 0 Å². The van der Waals surface area contributed by atoms with Crippen molar-refractivity contribution in [2.75, 3.05) is 6.61 Å². The SMILES string of the molecule is Cn1c(=O)c2[nH]cnc2n(C)c1=O.Cn1c(=O)c2[nH]cnc2n(C)c1=O.Cn1c(=O)c2c(ncn2CC(O)CO)n(C)c1=O. The summed E-state index contributed by atoms with van der Waals surface area (Å²) < 4.78 is 8.41. The van der Waals surface area contributed by atoms with E-state index >= 15 is 0 Å². The van der Waals surface area contributed by atoms with E-state index < -0.39 is 24.0 Å². The maximum atomic E-state index is 12.0. The van der Waals surface area contributed by atoms with Crippen molar-refractivity contribution in [3.05, 3.63) is 81.5 Å². The fraction of sp³-hybridized carbons (Fsp3) is 0.375. The van der Waals surface area contributed by atoms with E-state index in [0.29, 0.717) is 22.3 Å². The summed E-state index contributed by atoms with van der Waals surface area (Å²) in [5.74, 6) is 0. The van der Waals surface area contributed by atoms with Crippen LogP contribution in [0.15, 0.2) is 47.7 Å². The molecule has 0 spiro atoms. The molecule has 1 unspecified atom stereocenters. The summed E-state index contributed by atoms with van der Waals surface area (Å²) in [7, 11) is 8.92. The maximum Gasteiger partial charge on any atom is 0.332 e. The number of aromatic amines is 2. The first-order valence-electron chi connectivity index (χ1n) is 12.8. The molecule has 1 atom stereocenters. The van der Waals surface area contributed by atoms with Crippen LogP contribution < -0.4 is 33.7 Å². The molecule has 0 radical (unpaired) electrons. The van der Waals surface area contributed by atoms with Gasteiger partial charge in [-0.2, -0.15) is 0 Å². The highest BCUT2D eigenvalue weighted by Gasteiger charge is 2.16. The molecule has 0 amide bonds. The Morgan fingerprint density at radius 1 is 0.636 bits per heavy atom. The van der Waals surface area contributed by atoms with Crippen molar-refractivity contribution in [2.24, 2.45) is 42.3 Å². The lowest BCUT2D eigenvalue weighted by atomic mass is 10.3. The van der Waals surface area contributed by atoms with Gasteiger partial charge in [-0.25, -0.2) is 29.3 Å². The predicted molar refractivity (Wildman–Crippen MR) is 156 cm³/mol.